The van der Waals surface area contributed by atoms with Crippen LogP contribution in [0, 0.1) is 0 Å². The predicted molar refractivity (Wildman–Crippen MR) is 85.4 cm³/mol. The summed E-state index contributed by atoms with van der Waals surface area (Å²) in [6.07, 6.45) is 3.17. The van der Waals surface area contributed by atoms with Crippen molar-refractivity contribution in [2.45, 2.75) is 31.7 Å². The number of aromatic nitrogens is 2. The van der Waals surface area contributed by atoms with Gasteiger partial charge in [-0.3, -0.25) is 9.89 Å². The van der Waals surface area contributed by atoms with Gasteiger partial charge >= 0.3 is 0 Å². The molecule has 22 heavy (non-hydrogen) atoms. The van der Waals surface area contributed by atoms with Crippen LogP contribution in [0.15, 0.2) is 36.4 Å². The fraction of sp³-hybridized carbons (Fsp3) is 0.412. The van der Waals surface area contributed by atoms with Crippen LogP contribution in [0.2, 0.25) is 0 Å². The second-order valence-corrected chi connectivity index (χ2v) is 5.84. The Morgan fingerprint density at radius 3 is 2.77 bits per heavy atom. The molecule has 2 aromatic rings. The van der Waals surface area contributed by atoms with Gasteiger partial charge in [-0.05, 0) is 37.4 Å². The van der Waals surface area contributed by atoms with Crippen molar-refractivity contribution in [1.29, 1.82) is 0 Å². The van der Waals surface area contributed by atoms with E-state index in [2.05, 4.69) is 10.2 Å². The van der Waals surface area contributed by atoms with Crippen LogP contribution in [0.1, 0.15) is 46.9 Å². The lowest BCUT2D eigenvalue weighted by Gasteiger charge is -2.21. The molecule has 5 heteroatoms. The van der Waals surface area contributed by atoms with Crippen LogP contribution >= 0.6 is 0 Å². The van der Waals surface area contributed by atoms with Crippen LogP contribution in [-0.2, 0) is 6.54 Å². The Bertz CT molecular complexity index is 619. The van der Waals surface area contributed by atoms with Gasteiger partial charge in [-0.1, -0.05) is 30.3 Å². The van der Waals surface area contributed by atoms with E-state index < -0.39 is 0 Å². The van der Waals surface area contributed by atoms with Gasteiger partial charge in [0.25, 0.3) is 5.91 Å². The molecule has 0 spiro atoms. The number of hydrogen-bond donors (Lipinski definition) is 2. The third-order valence-corrected chi connectivity index (χ3v) is 3.97. The van der Waals surface area contributed by atoms with Crippen LogP contribution in [-0.4, -0.2) is 34.1 Å². The fourth-order valence-electron chi connectivity index (χ4n) is 2.55. The smallest absolute Gasteiger partial charge is 0.274 e. The molecule has 1 aliphatic rings. The molecule has 0 atom stereocenters. The van der Waals surface area contributed by atoms with E-state index in [1.807, 2.05) is 41.3 Å². The lowest BCUT2D eigenvalue weighted by atomic mass is 10.2. The summed E-state index contributed by atoms with van der Waals surface area (Å²) in [4.78, 5) is 14.5. The molecule has 0 aliphatic heterocycles. The van der Waals surface area contributed by atoms with E-state index in [-0.39, 0.29) is 5.91 Å². The number of rotatable bonds is 7. The number of benzene rings is 1. The average molecular weight is 298 g/mol. The summed E-state index contributed by atoms with van der Waals surface area (Å²) in [6, 6.07) is 11.9. The summed E-state index contributed by atoms with van der Waals surface area (Å²) >= 11 is 0. The van der Waals surface area contributed by atoms with Gasteiger partial charge in [0.1, 0.15) is 5.69 Å². The molecular weight excluding hydrogens is 276 g/mol. The maximum Gasteiger partial charge on any atom is 0.274 e. The second-order valence-electron chi connectivity index (χ2n) is 5.84. The Labute approximate surface area is 130 Å². The molecule has 0 unspecified atom stereocenters. The maximum atomic E-state index is 12.7. The quantitative estimate of drug-likeness (QED) is 0.823. The maximum absolute atomic E-state index is 12.7. The highest BCUT2D eigenvalue weighted by Crippen LogP contribution is 2.39. The van der Waals surface area contributed by atoms with E-state index >= 15 is 0 Å². The Morgan fingerprint density at radius 2 is 2.09 bits per heavy atom. The lowest BCUT2D eigenvalue weighted by Crippen LogP contribution is -2.32. The molecule has 1 aromatic heterocycles. The van der Waals surface area contributed by atoms with Gasteiger partial charge in [0.15, 0.2) is 0 Å². The molecule has 1 aromatic carbocycles. The number of carbonyl (C=O) groups excluding carboxylic acids is 1. The van der Waals surface area contributed by atoms with E-state index in [9.17, 15) is 4.79 Å². The number of nitrogens with zero attached hydrogens (tertiary/aromatic N) is 2. The second kappa shape index (κ2) is 6.75. The highest BCUT2D eigenvalue weighted by Gasteiger charge is 2.27. The zero-order valence-electron chi connectivity index (χ0n) is 12.7. The van der Waals surface area contributed by atoms with E-state index in [0.717, 1.165) is 17.7 Å². The van der Waals surface area contributed by atoms with E-state index in [1.54, 1.807) is 0 Å². The molecule has 1 saturated carbocycles. The van der Waals surface area contributed by atoms with Crippen molar-refractivity contribution >= 4 is 5.91 Å². The minimum absolute atomic E-state index is 0.0274. The number of nitrogens with one attached hydrogen (secondary N) is 1. The van der Waals surface area contributed by atoms with Crippen molar-refractivity contribution in [1.82, 2.24) is 15.1 Å². The summed E-state index contributed by atoms with van der Waals surface area (Å²) in [6.45, 7) is 1.81. The number of H-pyrrole nitrogens is 1. The lowest BCUT2D eigenvalue weighted by molar-refractivity contribution is 0.0736. The summed E-state index contributed by atoms with van der Waals surface area (Å²) in [5, 5.41) is 7.20. The third kappa shape index (κ3) is 3.54. The van der Waals surface area contributed by atoms with Gasteiger partial charge in [-0.25, -0.2) is 0 Å². The Morgan fingerprint density at radius 1 is 1.32 bits per heavy atom. The van der Waals surface area contributed by atoms with Crippen molar-refractivity contribution in [3.63, 3.8) is 0 Å². The van der Waals surface area contributed by atoms with Crippen molar-refractivity contribution in [2.24, 2.45) is 5.73 Å². The first-order valence-corrected chi connectivity index (χ1v) is 7.86. The zero-order chi connectivity index (χ0) is 15.4. The molecule has 0 bridgehead atoms. The predicted octanol–water partition coefficient (Wildman–Crippen LogP) is 2.28. The van der Waals surface area contributed by atoms with Gasteiger partial charge in [0, 0.05) is 24.7 Å². The molecule has 0 saturated heterocycles. The summed E-state index contributed by atoms with van der Waals surface area (Å²) < 4.78 is 0. The van der Waals surface area contributed by atoms with Gasteiger partial charge in [-0.15, -0.1) is 0 Å². The van der Waals surface area contributed by atoms with E-state index in [1.165, 1.54) is 12.8 Å². The Kier molecular flexibility index (Phi) is 4.53. The molecule has 116 valence electrons. The number of carbonyl (C=O) groups is 1. The van der Waals surface area contributed by atoms with Crippen molar-refractivity contribution in [3.8, 4) is 0 Å². The van der Waals surface area contributed by atoms with Crippen LogP contribution in [0.5, 0.6) is 0 Å². The van der Waals surface area contributed by atoms with Gasteiger partial charge in [0.2, 0.25) is 0 Å². The van der Waals surface area contributed by atoms with Crippen LogP contribution in [0.3, 0.4) is 0 Å². The highest BCUT2D eigenvalue weighted by molar-refractivity contribution is 5.92. The topological polar surface area (TPSA) is 75.0 Å². The van der Waals surface area contributed by atoms with Crippen molar-refractivity contribution in [3.05, 3.63) is 53.3 Å². The highest BCUT2D eigenvalue weighted by atomic mass is 16.2. The average Bonchev–Trinajstić information content (AvgIpc) is 3.29. The van der Waals surface area contributed by atoms with Gasteiger partial charge in [-0.2, -0.15) is 5.10 Å². The number of amides is 1. The Hall–Kier alpha value is -2.14. The van der Waals surface area contributed by atoms with Gasteiger partial charge in [0.05, 0.1) is 0 Å². The fourth-order valence-corrected chi connectivity index (χ4v) is 2.55. The molecule has 1 heterocycles. The van der Waals surface area contributed by atoms with E-state index in [4.69, 9.17) is 5.73 Å². The SMILES string of the molecule is NCCCN(Cc1ccccc1)C(=O)c1cc(C2CC2)[nH]n1. The minimum atomic E-state index is -0.0274. The summed E-state index contributed by atoms with van der Waals surface area (Å²) in [5.41, 5.74) is 8.31. The summed E-state index contributed by atoms with van der Waals surface area (Å²) in [5.74, 6) is 0.543. The van der Waals surface area contributed by atoms with Crippen molar-refractivity contribution < 1.29 is 4.79 Å². The first-order chi connectivity index (χ1) is 10.8. The molecule has 1 aliphatic carbocycles. The first-order valence-electron chi connectivity index (χ1n) is 7.86. The normalized spacial score (nSPS) is 14.0. The number of hydrogen-bond acceptors (Lipinski definition) is 3. The number of nitrogens with two attached hydrogens (primary N) is 1. The Balaban J connectivity index is 1.73. The molecule has 1 fully saturated rings. The molecule has 3 rings (SSSR count). The molecule has 0 radical (unpaired) electrons. The van der Waals surface area contributed by atoms with E-state index in [0.29, 0.717) is 31.2 Å². The third-order valence-electron chi connectivity index (χ3n) is 3.97. The monoisotopic (exact) mass is 298 g/mol. The van der Waals surface area contributed by atoms with Crippen molar-refractivity contribution in [2.75, 3.05) is 13.1 Å². The van der Waals surface area contributed by atoms with Crippen LogP contribution in [0.25, 0.3) is 0 Å². The molecule has 3 N–H and O–H groups in total. The molecular formula is C17H22N4O. The first kappa shape index (κ1) is 14.8. The largest absolute Gasteiger partial charge is 0.333 e. The van der Waals surface area contributed by atoms with Crippen LogP contribution in [0.4, 0.5) is 0 Å². The zero-order valence-corrected chi connectivity index (χ0v) is 12.7. The van der Waals surface area contributed by atoms with Gasteiger partial charge < -0.3 is 10.6 Å². The summed E-state index contributed by atoms with van der Waals surface area (Å²) in [7, 11) is 0. The standard InChI is InChI=1S/C17H22N4O/c18-9-4-10-21(12-13-5-2-1-3-6-13)17(22)16-11-15(19-20-16)14-7-8-14/h1-3,5-6,11,14H,4,7-10,12,18H2,(H,19,20). The minimum Gasteiger partial charge on any atom is -0.333 e. The number of aromatic amines is 1. The van der Waals surface area contributed by atoms with Crippen LogP contribution < -0.4 is 5.73 Å². The molecule has 1 amide bonds. The molecule has 5 nitrogen and oxygen atoms in total.